The molecule has 1 fully saturated rings. The molecule has 98 valence electrons. The molecule has 2 rings (SSSR count). The van der Waals surface area contributed by atoms with Gasteiger partial charge in [-0.3, -0.25) is 4.79 Å². The van der Waals surface area contributed by atoms with E-state index in [9.17, 15) is 4.79 Å². The summed E-state index contributed by atoms with van der Waals surface area (Å²) in [6.45, 7) is 1.87. The van der Waals surface area contributed by atoms with Crippen molar-refractivity contribution in [2.75, 3.05) is 27.2 Å². The highest BCUT2D eigenvalue weighted by Gasteiger charge is 2.33. The maximum atomic E-state index is 11.9. The van der Waals surface area contributed by atoms with Gasteiger partial charge < -0.3 is 9.64 Å². The molecular formula is C15H21NO2. The molecule has 0 bridgehead atoms. The Labute approximate surface area is 109 Å². The fourth-order valence-corrected chi connectivity index (χ4v) is 2.74. The topological polar surface area (TPSA) is 29.5 Å². The van der Waals surface area contributed by atoms with Crippen LogP contribution in [-0.2, 0) is 16.0 Å². The molecule has 0 radical (unpaired) electrons. The average molecular weight is 247 g/mol. The standard InChI is InChI=1S/C15H21NO2/c1-16-9-8-13(14(11-16)15(17)18-2)10-12-6-4-3-5-7-12/h3-7,13-14H,8-11H2,1-2H3. The summed E-state index contributed by atoms with van der Waals surface area (Å²) in [7, 11) is 3.55. The lowest BCUT2D eigenvalue weighted by molar-refractivity contribution is -0.149. The van der Waals surface area contributed by atoms with Gasteiger partial charge in [0.25, 0.3) is 0 Å². The van der Waals surface area contributed by atoms with Crippen LogP contribution in [0.4, 0.5) is 0 Å². The number of piperidine rings is 1. The Hall–Kier alpha value is -1.35. The molecule has 1 aromatic rings. The molecule has 2 unspecified atom stereocenters. The lowest BCUT2D eigenvalue weighted by Gasteiger charge is -2.35. The van der Waals surface area contributed by atoms with Crippen LogP contribution in [0.2, 0.25) is 0 Å². The number of benzene rings is 1. The quantitative estimate of drug-likeness (QED) is 0.765. The van der Waals surface area contributed by atoms with Crippen molar-refractivity contribution in [1.29, 1.82) is 0 Å². The Morgan fingerprint density at radius 2 is 2.11 bits per heavy atom. The summed E-state index contributed by atoms with van der Waals surface area (Å²) >= 11 is 0. The maximum Gasteiger partial charge on any atom is 0.310 e. The Morgan fingerprint density at radius 3 is 2.78 bits per heavy atom. The summed E-state index contributed by atoms with van der Waals surface area (Å²) in [5.74, 6) is 0.340. The van der Waals surface area contributed by atoms with Crippen molar-refractivity contribution in [3.8, 4) is 0 Å². The average Bonchev–Trinajstić information content (AvgIpc) is 2.41. The Bertz CT molecular complexity index is 391. The van der Waals surface area contributed by atoms with Crippen LogP contribution in [0.1, 0.15) is 12.0 Å². The minimum absolute atomic E-state index is 0.00829. The molecule has 18 heavy (non-hydrogen) atoms. The predicted molar refractivity (Wildman–Crippen MR) is 71.3 cm³/mol. The number of likely N-dealkylation sites (tertiary alicyclic amines) is 1. The highest BCUT2D eigenvalue weighted by molar-refractivity contribution is 5.73. The fourth-order valence-electron chi connectivity index (χ4n) is 2.74. The van der Waals surface area contributed by atoms with Crippen LogP contribution < -0.4 is 0 Å². The van der Waals surface area contributed by atoms with Gasteiger partial charge in [0.05, 0.1) is 13.0 Å². The van der Waals surface area contributed by atoms with E-state index in [-0.39, 0.29) is 11.9 Å². The van der Waals surface area contributed by atoms with Crippen LogP contribution in [0.15, 0.2) is 30.3 Å². The lowest BCUT2D eigenvalue weighted by Crippen LogP contribution is -2.43. The minimum Gasteiger partial charge on any atom is -0.469 e. The smallest absolute Gasteiger partial charge is 0.310 e. The molecular weight excluding hydrogens is 226 g/mol. The van der Waals surface area contributed by atoms with Crippen LogP contribution in [0.3, 0.4) is 0 Å². The van der Waals surface area contributed by atoms with Gasteiger partial charge in [0.1, 0.15) is 0 Å². The molecule has 1 saturated heterocycles. The van der Waals surface area contributed by atoms with Gasteiger partial charge in [-0.15, -0.1) is 0 Å². The highest BCUT2D eigenvalue weighted by Crippen LogP contribution is 2.27. The Morgan fingerprint density at radius 1 is 1.39 bits per heavy atom. The number of hydrogen-bond donors (Lipinski definition) is 0. The number of carbonyl (C=O) groups is 1. The summed E-state index contributed by atoms with van der Waals surface area (Å²) in [6.07, 6.45) is 2.03. The summed E-state index contributed by atoms with van der Waals surface area (Å²) in [4.78, 5) is 14.1. The molecule has 1 aliphatic heterocycles. The van der Waals surface area contributed by atoms with E-state index in [2.05, 4.69) is 36.2 Å². The number of methoxy groups -OCH3 is 1. The molecule has 0 aromatic heterocycles. The van der Waals surface area contributed by atoms with Crippen LogP contribution in [0.25, 0.3) is 0 Å². The van der Waals surface area contributed by atoms with E-state index in [1.54, 1.807) is 0 Å². The zero-order valence-electron chi connectivity index (χ0n) is 11.1. The highest BCUT2D eigenvalue weighted by atomic mass is 16.5. The summed E-state index contributed by atoms with van der Waals surface area (Å²) < 4.78 is 4.94. The summed E-state index contributed by atoms with van der Waals surface area (Å²) in [5, 5.41) is 0. The third kappa shape index (κ3) is 3.10. The molecule has 1 aromatic carbocycles. The molecule has 1 aliphatic rings. The number of nitrogens with zero attached hydrogens (tertiary/aromatic N) is 1. The van der Waals surface area contributed by atoms with E-state index in [0.29, 0.717) is 5.92 Å². The Balaban J connectivity index is 2.07. The number of rotatable bonds is 3. The van der Waals surface area contributed by atoms with Gasteiger partial charge in [0, 0.05) is 6.54 Å². The largest absolute Gasteiger partial charge is 0.469 e. The van der Waals surface area contributed by atoms with E-state index in [1.807, 2.05) is 6.07 Å². The zero-order valence-corrected chi connectivity index (χ0v) is 11.1. The van der Waals surface area contributed by atoms with Gasteiger partial charge in [0.15, 0.2) is 0 Å². The minimum atomic E-state index is -0.0671. The SMILES string of the molecule is COC(=O)C1CN(C)CCC1Cc1ccccc1. The maximum absolute atomic E-state index is 11.9. The van der Waals surface area contributed by atoms with Gasteiger partial charge in [-0.05, 0) is 37.9 Å². The van der Waals surface area contributed by atoms with E-state index >= 15 is 0 Å². The van der Waals surface area contributed by atoms with Gasteiger partial charge >= 0.3 is 5.97 Å². The normalized spacial score (nSPS) is 24.8. The molecule has 0 aliphatic carbocycles. The zero-order chi connectivity index (χ0) is 13.0. The molecule has 1 heterocycles. The fraction of sp³-hybridized carbons (Fsp3) is 0.533. The molecule has 3 heteroatoms. The van der Waals surface area contributed by atoms with E-state index in [0.717, 1.165) is 25.9 Å². The van der Waals surface area contributed by atoms with Crippen molar-refractivity contribution in [3.63, 3.8) is 0 Å². The summed E-state index contributed by atoms with van der Waals surface area (Å²) in [6, 6.07) is 10.4. The Kier molecular flexibility index (Phi) is 4.37. The number of hydrogen-bond acceptors (Lipinski definition) is 3. The van der Waals surface area contributed by atoms with Gasteiger partial charge in [0.2, 0.25) is 0 Å². The molecule has 2 atom stereocenters. The van der Waals surface area contributed by atoms with Crippen molar-refractivity contribution in [2.45, 2.75) is 12.8 Å². The second kappa shape index (κ2) is 6.01. The second-order valence-corrected chi connectivity index (χ2v) is 5.13. The van der Waals surface area contributed by atoms with Crippen LogP contribution in [0.5, 0.6) is 0 Å². The van der Waals surface area contributed by atoms with Crippen molar-refractivity contribution in [3.05, 3.63) is 35.9 Å². The first-order valence-corrected chi connectivity index (χ1v) is 6.51. The predicted octanol–water partition coefficient (Wildman–Crippen LogP) is 1.97. The molecule has 0 amide bonds. The van der Waals surface area contributed by atoms with Crippen LogP contribution in [0, 0.1) is 11.8 Å². The van der Waals surface area contributed by atoms with Gasteiger partial charge in [-0.1, -0.05) is 30.3 Å². The van der Waals surface area contributed by atoms with Crippen molar-refractivity contribution in [1.82, 2.24) is 4.90 Å². The molecule has 3 nitrogen and oxygen atoms in total. The lowest BCUT2D eigenvalue weighted by atomic mass is 9.81. The number of ether oxygens (including phenoxy) is 1. The van der Waals surface area contributed by atoms with Gasteiger partial charge in [-0.25, -0.2) is 0 Å². The van der Waals surface area contributed by atoms with Crippen molar-refractivity contribution >= 4 is 5.97 Å². The third-order valence-corrected chi connectivity index (χ3v) is 3.80. The third-order valence-electron chi connectivity index (χ3n) is 3.80. The second-order valence-electron chi connectivity index (χ2n) is 5.13. The first-order valence-electron chi connectivity index (χ1n) is 6.51. The van der Waals surface area contributed by atoms with Crippen LogP contribution in [-0.4, -0.2) is 38.1 Å². The van der Waals surface area contributed by atoms with Crippen molar-refractivity contribution < 1.29 is 9.53 Å². The molecule has 0 saturated carbocycles. The number of esters is 1. The van der Waals surface area contributed by atoms with E-state index in [1.165, 1.54) is 12.7 Å². The van der Waals surface area contributed by atoms with E-state index in [4.69, 9.17) is 4.74 Å². The van der Waals surface area contributed by atoms with Gasteiger partial charge in [-0.2, -0.15) is 0 Å². The first-order chi connectivity index (χ1) is 8.70. The molecule has 0 N–H and O–H groups in total. The number of carbonyl (C=O) groups excluding carboxylic acids is 1. The van der Waals surface area contributed by atoms with Crippen molar-refractivity contribution in [2.24, 2.45) is 11.8 Å². The van der Waals surface area contributed by atoms with Crippen LogP contribution >= 0.6 is 0 Å². The van der Waals surface area contributed by atoms with E-state index < -0.39 is 0 Å². The molecule has 0 spiro atoms. The monoisotopic (exact) mass is 247 g/mol. The summed E-state index contributed by atoms with van der Waals surface area (Å²) in [5.41, 5.74) is 1.31. The first kappa shape index (κ1) is 13.1.